The number of carbonyl (C=O) groups excluding carboxylic acids is 3. The molecule has 1 N–H and O–H groups in total. The second-order valence-electron chi connectivity index (χ2n) is 9.56. The molecule has 0 saturated carbocycles. The second kappa shape index (κ2) is 16.0. The minimum atomic E-state index is -0.385. The lowest BCUT2D eigenvalue weighted by molar-refractivity contribution is 0.0592. The molecule has 0 aliphatic rings. The van der Waals surface area contributed by atoms with Gasteiger partial charge in [-0.3, -0.25) is 9.78 Å². The molecule has 0 unspecified atom stereocenters. The van der Waals surface area contributed by atoms with Crippen molar-refractivity contribution in [3.63, 3.8) is 0 Å². The predicted octanol–water partition coefficient (Wildman–Crippen LogP) is 6.80. The summed E-state index contributed by atoms with van der Waals surface area (Å²) in [6, 6.07) is 37.3. The molecular formula is C36H33N3O5. The Bertz CT molecular complexity index is 1630. The minimum Gasteiger partial charge on any atom is -0.465 e. The van der Waals surface area contributed by atoms with Crippen LogP contribution in [0, 0.1) is 0 Å². The van der Waals surface area contributed by atoms with Crippen molar-refractivity contribution < 1.29 is 23.9 Å². The van der Waals surface area contributed by atoms with Gasteiger partial charge in [0.15, 0.2) is 0 Å². The standard InChI is InChI=1S/C21H18N2O3.C15H15NO2/c1-26-21(25)18-9-7-16(8-10-18)15-23(19-5-3-2-4-6-19)20(24)17-11-13-22-14-12-17;1-18-15(17)13-9-7-12(8-10-13)11-16-14-5-3-2-4-6-14/h2-14H,15H2,1H3;2-10,16H,11H2,1H3. The van der Waals surface area contributed by atoms with Gasteiger partial charge in [0.2, 0.25) is 0 Å². The zero-order valence-electron chi connectivity index (χ0n) is 24.6. The van der Waals surface area contributed by atoms with Gasteiger partial charge in [-0.15, -0.1) is 0 Å². The number of hydrogen-bond acceptors (Lipinski definition) is 7. The zero-order chi connectivity index (χ0) is 31.1. The van der Waals surface area contributed by atoms with Gasteiger partial charge in [0.25, 0.3) is 5.91 Å². The Morgan fingerprint density at radius 2 is 1.11 bits per heavy atom. The third-order valence-electron chi connectivity index (χ3n) is 6.60. The molecule has 0 spiro atoms. The summed E-state index contributed by atoms with van der Waals surface area (Å²) in [6.07, 6.45) is 3.20. The molecule has 8 heteroatoms. The van der Waals surface area contributed by atoms with Crippen molar-refractivity contribution in [3.8, 4) is 0 Å². The van der Waals surface area contributed by atoms with Crippen LogP contribution in [0.2, 0.25) is 0 Å². The maximum Gasteiger partial charge on any atom is 0.337 e. The lowest BCUT2D eigenvalue weighted by Gasteiger charge is -2.23. The van der Waals surface area contributed by atoms with E-state index in [1.165, 1.54) is 14.2 Å². The number of aromatic nitrogens is 1. The number of nitrogens with one attached hydrogen (secondary N) is 1. The van der Waals surface area contributed by atoms with Crippen LogP contribution in [-0.2, 0) is 22.6 Å². The zero-order valence-corrected chi connectivity index (χ0v) is 24.6. The van der Waals surface area contributed by atoms with Crippen molar-refractivity contribution in [1.29, 1.82) is 0 Å². The van der Waals surface area contributed by atoms with Gasteiger partial charge in [-0.25, -0.2) is 9.59 Å². The largest absolute Gasteiger partial charge is 0.465 e. The van der Waals surface area contributed by atoms with Crippen molar-refractivity contribution in [2.75, 3.05) is 24.4 Å². The van der Waals surface area contributed by atoms with Crippen molar-refractivity contribution in [2.24, 2.45) is 0 Å². The molecule has 0 bridgehead atoms. The molecule has 5 aromatic rings. The van der Waals surface area contributed by atoms with Gasteiger partial charge in [0.05, 0.1) is 31.9 Å². The van der Waals surface area contributed by atoms with Gasteiger partial charge in [-0.05, 0) is 71.8 Å². The number of benzene rings is 4. The molecule has 1 heterocycles. The number of hydrogen-bond donors (Lipinski definition) is 1. The Labute approximate surface area is 256 Å². The van der Waals surface area contributed by atoms with Crippen LogP contribution in [0.4, 0.5) is 11.4 Å². The fourth-order valence-electron chi connectivity index (χ4n) is 4.22. The SMILES string of the molecule is COC(=O)c1ccc(CN(C(=O)c2ccncc2)c2ccccc2)cc1.COC(=O)c1ccc(CNc2ccccc2)cc1. The van der Waals surface area contributed by atoms with Crippen LogP contribution in [0.5, 0.6) is 0 Å². The average Bonchev–Trinajstić information content (AvgIpc) is 3.10. The average molecular weight is 588 g/mol. The number of para-hydroxylation sites is 2. The number of nitrogens with zero attached hydrogens (tertiary/aromatic N) is 2. The topological polar surface area (TPSA) is 97.8 Å². The highest BCUT2D eigenvalue weighted by molar-refractivity contribution is 6.05. The van der Waals surface area contributed by atoms with Crippen LogP contribution >= 0.6 is 0 Å². The van der Waals surface area contributed by atoms with E-state index in [1.807, 2.05) is 84.9 Å². The molecule has 0 atom stereocenters. The number of anilines is 2. The van der Waals surface area contributed by atoms with E-state index in [-0.39, 0.29) is 17.8 Å². The number of pyridine rings is 1. The van der Waals surface area contributed by atoms with Crippen molar-refractivity contribution in [1.82, 2.24) is 4.98 Å². The first-order valence-electron chi connectivity index (χ1n) is 13.9. The lowest BCUT2D eigenvalue weighted by atomic mass is 10.1. The van der Waals surface area contributed by atoms with Crippen molar-refractivity contribution in [3.05, 3.63) is 162 Å². The summed E-state index contributed by atoms with van der Waals surface area (Å²) in [5.74, 6) is -0.808. The smallest absolute Gasteiger partial charge is 0.337 e. The van der Waals surface area contributed by atoms with E-state index in [1.54, 1.807) is 53.7 Å². The Kier molecular flexibility index (Phi) is 11.4. The van der Waals surface area contributed by atoms with Gasteiger partial charge in [0, 0.05) is 35.9 Å². The molecule has 44 heavy (non-hydrogen) atoms. The number of rotatable bonds is 9. The summed E-state index contributed by atoms with van der Waals surface area (Å²) in [4.78, 5) is 41.5. The molecule has 0 aliphatic heterocycles. The van der Waals surface area contributed by atoms with E-state index in [0.717, 1.165) is 29.0 Å². The lowest BCUT2D eigenvalue weighted by Crippen LogP contribution is -2.30. The van der Waals surface area contributed by atoms with E-state index in [2.05, 4.69) is 15.0 Å². The van der Waals surface area contributed by atoms with Crippen molar-refractivity contribution >= 4 is 29.2 Å². The van der Waals surface area contributed by atoms with Gasteiger partial charge in [0.1, 0.15) is 0 Å². The summed E-state index contributed by atoms with van der Waals surface area (Å²) in [5, 5.41) is 3.31. The Morgan fingerprint density at radius 3 is 1.64 bits per heavy atom. The molecule has 0 fully saturated rings. The van der Waals surface area contributed by atoms with Crippen LogP contribution in [0.15, 0.2) is 134 Å². The monoisotopic (exact) mass is 587 g/mol. The number of carbonyl (C=O) groups is 3. The summed E-state index contributed by atoms with van der Waals surface area (Å²) in [5.41, 5.74) is 5.51. The molecule has 0 aliphatic carbocycles. The van der Waals surface area contributed by atoms with Gasteiger partial charge >= 0.3 is 11.9 Å². The first-order chi connectivity index (χ1) is 21.5. The first-order valence-corrected chi connectivity index (χ1v) is 13.9. The quantitative estimate of drug-likeness (QED) is 0.189. The number of ether oxygens (including phenoxy) is 2. The Hall–Kier alpha value is -5.76. The maximum absolute atomic E-state index is 13.0. The highest BCUT2D eigenvalue weighted by atomic mass is 16.5. The van der Waals surface area contributed by atoms with E-state index >= 15 is 0 Å². The molecule has 5 rings (SSSR count). The third kappa shape index (κ3) is 8.87. The fourth-order valence-corrected chi connectivity index (χ4v) is 4.22. The summed E-state index contributed by atoms with van der Waals surface area (Å²) in [6.45, 7) is 1.11. The highest BCUT2D eigenvalue weighted by Crippen LogP contribution is 2.20. The summed E-state index contributed by atoms with van der Waals surface area (Å²) >= 11 is 0. The van der Waals surface area contributed by atoms with Crippen LogP contribution in [-0.4, -0.2) is 37.0 Å². The second-order valence-corrected chi connectivity index (χ2v) is 9.56. The normalized spacial score (nSPS) is 10.0. The molecule has 8 nitrogen and oxygen atoms in total. The number of amides is 1. The first kappa shape index (κ1) is 31.2. The van der Waals surface area contributed by atoms with Gasteiger partial charge in [-0.1, -0.05) is 60.7 Å². The van der Waals surface area contributed by atoms with E-state index in [9.17, 15) is 14.4 Å². The van der Waals surface area contributed by atoms with Crippen LogP contribution in [0.1, 0.15) is 42.2 Å². The van der Waals surface area contributed by atoms with E-state index in [0.29, 0.717) is 23.2 Å². The fraction of sp³-hybridized carbons (Fsp3) is 0.111. The molecule has 1 amide bonds. The van der Waals surface area contributed by atoms with Gasteiger partial charge < -0.3 is 19.7 Å². The van der Waals surface area contributed by atoms with Crippen LogP contribution in [0.25, 0.3) is 0 Å². The molecule has 4 aromatic carbocycles. The van der Waals surface area contributed by atoms with Gasteiger partial charge in [-0.2, -0.15) is 0 Å². The van der Waals surface area contributed by atoms with Crippen molar-refractivity contribution in [2.45, 2.75) is 13.1 Å². The molecule has 1 aromatic heterocycles. The summed E-state index contributed by atoms with van der Waals surface area (Å²) in [7, 11) is 2.73. The Balaban J connectivity index is 0.000000215. The highest BCUT2D eigenvalue weighted by Gasteiger charge is 2.18. The number of esters is 2. The molecule has 222 valence electrons. The minimum absolute atomic E-state index is 0.115. The number of methoxy groups -OCH3 is 2. The molecular weight excluding hydrogens is 554 g/mol. The predicted molar refractivity (Wildman–Crippen MR) is 171 cm³/mol. The van der Waals surface area contributed by atoms with E-state index in [4.69, 9.17) is 4.74 Å². The molecule has 0 saturated heterocycles. The molecule has 0 radical (unpaired) electrons. The van der Waals surface area contributed by atoms with Crippen LogP contribution < -0.4 is 10.2 Å². The third-order valence-corrected chi connectivity index (χ3v) is 6.60. The van der Waals surface area contributed by atoms with Crippen LogP contribution in [0.3, 0.4) is 0 Å². The van der Waals surface area contributed by atoms with E-state index < -0.39 is 0 Å². The summed E-state index contributed by atoms with van der Waals surface area (Å²) < 4.78 is 9.36. The maximum atomic E-state index is 13.0. The Morgan fingerprint density at radius 1 is 0.614 bits per heavy atom.